The highest BCUT2D eigenvalue weighted by molar-refractivity contribution is 5.78. The first kappa shape index (κ1) is 17.5. The molecule has 1 aromatic heterocycles. The first-order valence-electron chi connectivity index (χ1n) is 9.45. The van der Waals surface area contributed by atoms with Crippen LogP contribution in [-0.2, 0) is 16.8 Å². The molecule has 27 heavy (non-hydrogen) atoms. The van der Waals surface area contributed by atoms with E-state index in [0.29, 0.717) is 19.5 Å². The molecule has 1 aliphatic rings. The van der Waals surface area contributed by atoms with E-state index in [1.54, 1.807) is 6.33 Å². The van der Waals surface area contributed by atoms with Gasteiger partial charge in [-0.3, -0.25) is 4.79 Å². The largest absolute Gasteiger partial charge is 0.347 e. The Hall–Kier alpha value is -2.88. The van der Waals surface area contributed by atoms with Crippen LogP contribution >= 0.6 is 0 Å². The number of fused-ring (bicyclic) bond motifs is 1. The highest BCUT2D eigenvalue weighted by Gasteiger charge is 2.33. The summed E-state index contributed by atoms with van der Waals surface area (Å²) < 4.78 is 0. The number of nitrogens with one attached hydrogen (secondary N) is 1. The molecule has 1 atom stereocenters. The standard InChI is InChI=1S/C23H25N3O/c1-23(2,18-11-7-4-8-12-18)13-21(27)26-14-19(17-9-5-3-6-10-17)22-20(15-26)24-16-25-22/h3-12,16,19H,13-15H2,1-2H3,(H,24,25). The van der Waals surface area contributed by atoms with Crippen molar-refractivity contribution in [3.05, 3.63) is 89.5 Å². The van der Waals surface area contributed by atoms with E-state index in [2.05, 4.69) is 48.1 Å². The molecule has 1 aliphatic heterocycles. The number of nitrogens with zero attached hydrogens (tertiary/aromatic N) is 2. The second-order valence-electron chi connectivity index (χ2n) is 7.93. The number of hydrogen-bond acceptors (Lipinski definition) is 2. The molecule has 1 unspecified atom stereocenters. The summed E-state index contributed by atoms with van der Waals surface area (Å²) in [4.78, 5) is 22.9. The molecule has 0 fully saturated rings. The van der Waals surface area contributed by atoms with Crippen molar-refractivity contribution in [1.29, 1.82) is 0 Å². The van der Waals surface area contributed by atoms with E-state index in [1.807, 2.05) is 41.3 Å². The first-order valence-corrected chi connectivity index (χ1v) is 9.45. The Morgan fingerprint density at radius 3 is 2.48 bits per heavy atom. The number of aromatic nitrogens is 2. The van der Waals surface area contributed by atoms with E-state index in [-0.39, 0.29) is 17.2 Å². The molecule has 4 rings (SSSR count). The summed E-state index contributed by atoms with van der Waals surface area (Å²) in [6, 6.07) is 20.6. The Morgan fingerprint density at radius 1 is 1.11 bits per heavy atom. The smallest absolute Gasteiger partial charge is 0.223 e. The number of benzene rings is 2. The Bertz CT molecular complexity index is 915. The van der Waals surface area contributed by atoms with Gasteiger partial charge in [0.2, 0.25) is 5.91 Å². The lowest BCUT2D eigenvalue weighted by molar-refractivity contribution is -0.133. The maximum absolute atomic E-state index is 13.2. The van der Waals surface area contributed by atoms with Gasteiger partial charge in [0.15, 0.2) is 0 Å². The van der Waals surface area contributed by atoms with E-state index >= 15 is 0 Å². The second kappa shape index (κ2) is 7.03. The van der Waals surface area contributed by atoms with Gasteiger partial charge in [0.1, 0.15) is 0 Å². The van der Waals surface area contributed by atoms with Gasteiger partial charge < -0.3 is 9.88 Å². The van der Waals surface area contributed by atoms with Gasteiger partial charge in [-0.15, -0.1) is 0 Å². The van der Waals surface area contributed by atoms with Crippen molar-refractivity contribution in [3.63, 3.8) is 0 Å². The summed E-state index contributed by atoms with van der Waals surface area (Å²) in [5.41, 5.74) is 4.30. The van der Waals surface area contributed by atoms with Crippen LogP contribution in [0.3, 0.4) is 0 Å². The fourth-order valence-corrected chi connectivity index (χ4v) is 3.94. The summed E-state index contributed by atoms with van der Waals surface area (Å²) >= 11 is 0. The second-order valence-corrected chi connectivity index (χ2v) is 7.93. The van der Waals surface area contributed by atoms with Crippen LogP contribution < -0.4 is 0 Å². The molecule has 4 heteroatoms. The van der Waals surface area contributed by atoms with Gasteiger partial charge in [0, 0.05) is 18.9 Å². The number of aromatic amines is 1. The van der Waals surface area contributed by atoms with Crippen molar-refractivity contribution in [1.82, 2.24) is 14.9 Å². The van der Waals surface area contributed by atoms with E-state index in [0.717, 1.165) is 11.4 Å². The fraction of sp³-hybridized carbons (Fsp3) is 0.304. The minimum absolute atomic E-state index is 0.116. The molecule has 0 spiro atoms. The fourth-order valence-electron chi connectivity index (χ4n) is 3.94. The Labute approximate surface area is 160 Å². The van der Waals surface area contributed by atoms with E-state index in [4.69, 9.17) is 0 Å². The van der Waals surface area contributed by atoms with Crippen LogP contribution in [0.2, 0.25) is 0 Å². The Balaban J connectivity index is 1.57. The lowest BCUT2D eigenvalue weighted by Crippen LogP contribution is -2.41. The molecule has 1 N–H and O–H groups in total. The molecule has 1 amide bonds. The number of carbonyl (C=O) groups excluding carboxylic acids is 1. The third-order valence-corrected chi connectivity index (χ3v) is 5.54. The lowest BCUT2D eigenvalue weighted by Gasteiger charge is -2.35. The van der Waals surface area contributed by atoms with Gasteiger partial charge in [0.25, 0.3) is 0 Å². The zero-order valence-electron chi connectivity index (χ0n) is 15.9. The van der Waals surface area contributed by atoms with Crippen molar-refractivity contribution in [3.8, 4) is 0 Å². The van der Waals surface area contributed by atoms with Crippen molar-refractivity contribution in [2.24, 2.45) is 0 Å². The first-order chi connectivity index (χ1) is 13.0. The van der Waals surface area contributed by atoms with E-state index in [1.165, 1.54) is 11.1 Å². The summed E-state index contributed by atoms with van der Waals surface area (Å²) in [6.45, 7) is 5.55. The predicted molar refractivity (Wildman–Crippen MR) is 106 cm³/mol. The summed E-state index contributed by atoms with van der Waals surface area (Å²) in [6.07, 6.45) is 2.23. The van der Waals surface area contributed by atoms with Crippen LogP contribution in [0, 0.1) is 0 Å². The summed E-state index contributed by atoms with van der Waals surface area (Å²) in [5.74, 6) is 0.301. The number of rotatable bonds is 4. The Morgan fingerprint density at radius 2 is 1.78 bits per heavy atom. The molecule has 4 nitrogen and oxygen atoms in total. The molecule has 0 saturated heterocycles. The van der Waals surface area contributed by atoms with Crippen molar-refractivity contribution in [2.45, 2.75) is 38.1 Å². The third-order valence-electron chi connectivity index (χ3n) is 5.54. The minimum atomic E-state index is -0.200. The number of hydrogen-bond donors (Lipinski definition) is 1. The van der Waals surface area contributed by atoms with Crippen molar-refractivity contribution < 1.29 is 4.79 Å². The molecule has 0 bridgehead atoms. The number of amides is 1. The molecule has 3 aromatic rings. The molecule has 138 valence electrons. The maximum Gasteiger partial charge on any atom is 0.223 e. The molecular weight excluding hydrogens is 334 g/mol. The van der Waals surface area contributed by atoms with Crippen LogP contribution in [0.25, 0.3) is 0 Å². The van der Waals surface area contributed by atoms with Gasteiger partial charge in [-0.25, -0.2) is 4.98 Å². The van der Waals surface area contributed by atoms with Crippen LogP contribution in [0.1, 0.15) is 48.7 Å². The van der Waals surface area contributed by atoms with E-state index < -0.39 is 0 Å². The monoisotopic (exact) mass is 359 g/mol. The molecule has 2 heterocycles. The number of imidazole rings is 1. The number of carbonyl (C=O) groups is 1. The highest BCUT2D eigenvalue weighted by atomic mass is 16.2. The highest BCUT2D eigenvalue weighted by Crippen LogP contribution is 2.33. The van der Waals surface area contributed by atoms with Crippen LogP contribution in [-0.4, -0.2) is 27.3 Å². The molecule has 0 radical (unpaired) electrons. The molecule has 0 saturated carbocycles. The third kappa shape index (κ3) is 3.52. The molecular formula is C23H25N3O. The maximum atomic E-state index is 13.2. The molecule has 2 aromatic carbocycles. The average Bonchev–Trinajstić information content (AvgIpc) is 3.17. The van der Waals surface area contributed by atoms with Gasteiger partial charge in [-0.1, -0.05) is 74.5 Å². The molecule has 0 aliphatic carbocycles. The van der Waals surface area contributed by atoms with Gasteiger partial charge in [-0.05, 0) is 16.5 Å². The van der Waals surface area contributed by atoms with Crippen LogP contribution in [0.15, 0.2) is 67.0 Å². The minimum Gasteiger partial charge on any atom is -0.347 e. The predicted octanol–water partition coefficient (Wildman–Crippen LogP) is 4.25. The normalized spacial score (nSPS) is 16.8. The quantitative estimate of drug-likeness (QED) is 0.757. The van der Waals surface area contributed by atoms with Crippen molar-refractivity contribution >= 4 is 5.91 Å². The van der Waals surface area contributed by atoms with Gasteiger partial charge in [0.05, 0.1) is 24.3 Å². The van der Waals surface area contributed by atoms with Crippen molar-refractivity contribution in [2.75, 3.05) is 6.54 Å². The van der Waals surface area contributed by atoms with Crippen LogP contribution in [0.4, 0.5) is 0 Å². The SMILES string of the molecule is CC(C)(CC(=O)N1Cc2[nH]cnc2C(c2ccccc2)C1)c1ccccc1. The zero-order valence-corrected chi connectivity index (χ0v) is 15.9. The number of H-pyrrole nitrogens is 1. The summed E-state index contributed by atoms with van der Waals surface area (Å²) in [7, 11) is 0. The average molecular weight is 359 g/mol. The van der Waals surface area contributed by atoms with Gasteiger partial charge in [-0.2, -0.15) is 0 Å². The Kier molecular flexibility index (Phi) is 4.56. The lowest BCUT2D eigenvalue weighted by atomic mass is 9.81. The zero-order chi connectivity index (χ0) is 18.9. The van der Waals surface area contributed by atoms with Crippen LogP contribution in [0.5, 0.6) is 0 Å². The van der Waals surface area contributed by atoms with Gasteiger partial charge >= 0.3 is 0 Å². The topological polar surface area (TPSA) is 49.0 Å². The van der Waals surface area contributed by atoms with E-state index in [9.17, 15) is 4.79 Å². The summed E-state index contributed by atoms with van der Waals surface area (Å²) in [5, 5.41) is 0.